The first kappa shape index (κ1) is 16.1. The van der Waals surface area contributed by atoms with Gasteiger partial charge in [-0.1, -0.05) is 22.0 Å². The Labute approximate surface area is 145 Å². The Morgan fingerprint density at radius 2 is 1.87 bits per heavy atom. The van der Waals surface area contributed by atoms with Gasteiger partial charge in [-0.15, -0.1) is 0 Å². The van der Waals surface area contributed by atoms with Crippen molar-refractivity contribution in [3.8, 4) is 5.75 Å². The molecule has 0 aliphatic rings. The molecule has 0 unspecified atom stereocenters. The maximum absolute atomic E-state index is 5.58. The summed E-state index contributed by atoms with van der Waals surface area (Å²) in [6.07, 6.45) is 0. The lowest BCUT2D eigenvalue weighted by atomic mass is 10.1. The maximum atomic E-state index is 5.58. The molecule has 120 valence electrons. The van der Waals surface area contributed by atoms with E-state index in [9.17, 15) is 0 Å². The number of rotatable bonds is 4. The monoisotopic (exact) mass is 372 g/mol. The quantitative estimate of drug-likeness (QED) is 0.631. The summed E-state index contributed by atoms with van der Waals surface area (Å²) in [4.78, 5) is 4.74. The van der Waals surface area contributed by atoms with Crippen molar-refractivity contribution in [3.63, 3.8) is 0 Å². The van der Waals surface area contributed by atoms with Crippen LogP contribution in [-0.2, 0) is 6.54 Å². The van der Waals surface area contributed by atoms with Gasteiger partial charge < -0.3 is 9.30 Å². The van der Waals surface area contributed by atoms with E-state index < -0.39 is 0 Å². The van der Waals surface area contributed by atoms with E-state index in [0.29, 0.717) is 6.61 Å². The van der Waals surface area contributed by atoms with Crippen molar-refractivity contribution in [2.24, 2.45) is 0 Å². The average Bonchev–Trinajstić information content (AvgIpc) is 2.79. The number of ether oxygens (including phenoxy) is 1. The number of nitrogens with zero attached hydrogens (tertiary/aromatic N) is 2. The second kappa shape index (κ2) is 6.36. The van der Waals surface area contributed by atoms with Crippen LogP contribution in [0, 0.1) is 20.8 Å². The highest BCUT2D eigenvalue weighted by molar-refractivity contribution is 9.10. The van der Waals surface area contributed by atoms with Crippen LogP contribution in [-0.4, -0.2) is 16.2 Å². The van der Waals surface area contributed by atoms with Crippen molar-refractivity contribution in [3.05, 3.63) is 57.3 Å². The Bertz CT molecular complexity index is 867. The van der Waals surface area contributed by atoms with Crippen molar-refractivity contribution in [2.45, 2.75) is 34.2 Å². The molecule has 3 nitrogen and oxygen atoms in total. The fraction of sp³-hybridized carbons (Fsp3) is 0.316. The molecule has 0 atom stereocenters. The van der Waals surface area contributed by atoms with Crippen molar-refractivity contribution >= 4 is 27.0 Å². The highest BCUT2D eigenvalue weighted by Crippen LogP contribution is 2.26. The predicted octanol–water partition coefficient (Wildman–Crippen LogP) is 5.17. The molecule has 0 aliphatic carbocycles. The summed E-state index contributed by atoms with van der Waals surface area (Å²) in [5, 5.41) is 0. The van der Waals surface area contributed by atoms with Gasteiger partial charge in [0.15, 0.2) is 0 Å². The lowest BCUT2D eigenvalue weighted by molar-refractivity contribution is 0.340. The summed E-state index contributed by atoms with van der Waals surface area (Å²) in [6, 6.07) is 10.6. The molecule has 0 spiro atoms. The molecule has 4 heteroatoms. The fourth-order valence-corrected chi connectivity index (χ4v) is 3.50. The van der Waals surface area contributed by atoms with E-state index in [1.165, 1.54) is 22.2 Å². The Morgan fingerprint density at radius 1 is 1.09 bits per heavy atom. The first-order valence-electron chi connectivity index (χ1n) is 7.85. The number of benzene rings is 2. The van der Waals surface area contributed by atoms with Crippen LogP contribution < -0.4 is 4.74 Å². The summed E-state index contributed by atoms with van der Waals surface area (Å²) in [7, 11) is 0. The van der Waals surface area contributed by atoms with Gasteiger partial charge in [0.25, 0.3) is 0 Å². The third-order valence-electron chi connectivity index (χ3n) is 4.15. The van der Waals surface area contributed by atoms with E-state index >= 15 is 0 Å². The van der Waals surface area contributed by atoms with E-state index in [1.807, 2.05) is 13.0 Å². The second-order valence-corrected chi connectivity index (χ2v) is 6.77. The minimum atomic E-state index is 0.692. The fourth-order valence-electron chi connectivity index (χ4n) is 2.94. The third kappa shape index (κ3) is 3.13. The molecular weight excluding hydrogens is 352 g/mol. The van der Waals surface area contributed by atoms with Gasteiger partial charge >= 0.3 is 0 Å². The molecule has 23 heavy (non-hydrogen) atoms. The summed E-state index contributed by atoms with van der Waals surface area (Å²) in [6.45, 7) is 9.81. The van der Waals surface area contributed by atoms with E-state index in [4.69, 9.17) is 9.72 Å². The average molecular weight is 373 g/mol. The van der Waals surface area contributed by atoms with Crippen LogP contribution in [0.25, 0.3) is 11.0 Å². The van der Waals surface area contributed by atoms with Crippen LogP contribution in [0.1, 0.15) is 29.4 Å². The Morgan fingerprint density at radius 3 is 2.57 bits per heavy atom. The predicted molar refractivity (Wildman–Crippen MR) is 98.4 cm³/mol. The summed E-state index contributed by atoms with van der Waals surface area (Å²) >= 11 is 3.60. The molecule has 0 saturated heterocycles. The minimum Gasteiger partial charge on any atom is -0.494 e. The van der Waals surface area contributed by atoms with Gasteiger partial charge in [0, 0.05) is 11.0 Å². The third-order valence-corrected chi connectivity index (χ3v) is 4.61. The number of aryl methyl sites for hydroxylation is 3. The van der Waals surface area contributed by atoms with E-state index in [1.54, 1.807) is 0 Å². The molecule has 2 aromatic carbocycles. The standard InChI is InChI=1S/C19H21BrN2O/c1-5-23-17-7-6-15(12(2)9-17)11-22-14(4)21-19-13(3)8-16(20)10-18(19)22/h6-10H,5,11H2,1-4H3. The van der Waals surface area contributed by atoms with E-state index in [2.05, 4.69) is 65.5 Å². The molecule has 0 radical (unpaired) electrons. The Hall–Kier alpha value is -1.81. The molecule has 1 aromatic heterocycles. The van der Waals surface area contributed by atoms with Crippen LogP contribution >= 0.6 is 15.9 Å². The lowest BCUT2D eigenvalue weighted by Crippen LogP contribution is -2.04. The molecule has 0 fully saturated rings. The number of aromatic nitrogens is 2. The zero-order chi connectivity index (χ0) is 16.6. The van der Waals surface area contributed by atoms with E-state index in [-0.39, 0.29) is 0 Å². The summed E-state index contributed by atoms with van der Waals surface area (Å²) in [5.74, 6) is 1.97. The number of hydrogen-bond acceptors (Lipinski definition) is 2. The SMILES string of the molecule is CCOc1ccc(Cn2c(C)nc3c(C)cc(Br)cc32)c(C)c1. The smallest absolute Gasteiger partial charge is 0.119 e. The van der Waals surface area contributed by atoms with E-state index in [0.717, 1.165) is 28.1 Å². The normalized spacial score (nSPS) is 11.2. The molecular formula is C19H21BrN2O. The zero-order valence-corrected chi connectivity index (χ0v) is 15.6. The van der Waals surface area contributed by atoms with Gasteiger partial charge in [-0.25, -0.2) is 4.98 Å². The Kier molecular flexibility index (Phi) is 4.44. The lowest BCUT2D eigenvalue weighted by Gasteiger charge is -2.12. The number of hydrogen-bond donors (Lipinski definition) is 0. The summed E-state index contributed by atoms with van der Waals surface area (Å²) in [5.41, 5.74) is 5.97. The first-order valence-corrected chi connectivity index (χ1v) is 8.64. The highest BCUT2D eigenvalue weighted by Gasteiger charge is 2.12. The molecule has 0 saturated carbocycles. The number of halogens is 1. The molecule has 3 aromatic rings. The minimum absolute atomic E-state index is 0.692. The molecule has 0 N–H and O–H groups in total. The highest BCUT2D eigenvalue weighted by atomic mass is 79.9. The largest absolute Gasteiger partial charge is 0.494 e. The second-order valence-electron chi connectivity index (χ2n) is 5.86. The topological polar surface area (TPSA) is 27.1 Å². The van der Waals surface area contributed by atoms with Crippen LogP contribution in [0.4, 0.5) is 0 Å². The van der Waals surface area contributed by atoms with Crippen LogP contribution in [0.15, 0.2) is 34.8 Å². The molecule has 0 aliphatic heterocycles. The maximum Gasteiger partial charge on any atom is 0.119 e. The van der Waals surface area contributed by atoms with Crippen LogP contribution in [0.2, 0.25) is 0 Å². The summed E-state index contributed by atoms with van der Waals surface area (Å²) < 4.78 is 8.94. The van der Waals surface area contributed by atoms with Gasteiger partial charge in [0.2, 0.25) is 0 Å². The van der Waals surface area contributed by atoms with Gasteiger partial charge in [0.1, 0.15) is 11.6 Å². The number of fused-ring (bicyclic) bond motifs is 1. The molecule has 1 heterocycles. The van der Waals surface area contributed by atoms with Crippen molar-refractivity contribution < 1.29 is 4.74 Å². The van der Waals surface area contributed by atoms with Crippen molar-refractivity contribution in [1.82, 2.24) is 9.55 Å². The van der Waals surface area contributed by atoms with Gasteiger partial charge in [0.05, 0.1) is 17.6 Å². The molecule has 0 bridgehead atoms. The van der Waals surface area contributed by atoms with Gasteiger partial charge in [-0.2, -0.15) is 0 Å². The van der Waals surface area contributed by atoms with Crippen molar-refractivity contribution in [2.75, 3.05) is 6.61 Å². The zero-order valence-electron chi connectivity index (χ0n) is 14.0. The number of imidazole rings is 1. The van der Waals surface area contributed by atoms with Crippen molar-refractivity contribution in [1.29, 1.82) is 0 Å². The van der Waals surface area contributed by atoms with Gasteiger partial charge in [-0.3, -0.25) is 0 Å². The first-order chi connectivity index (χ1) is 11.0. The van der Waals surface area contributed by atoms with Crippen LogP contribution in [0.3, 0.4) is 0 Å². The van der Waals surface area contributed by atoms with Gasteiger partial charge in [-0.05, 0) is 68.7 Å². The van der Waals surface area contributed by atoms with Crippen LogP contribution in [0.5, 0.6) is 5.75 Å². The molecule has 0 amide bonds. The molecule has 3 rings (SSSR count). The Balaban J connectivity index is 2.03.